The molecule has 0 aliphatic carbocycles. The summed E-state index contributed by atoms with van der Waals surface area (Å²) in [6, 6.07) is 7.34. The number of rotatable bonds is 3. The Labute approximate surface area is 111 Å². The first kappa shape index (κ1) is 13.2. The van der Waals surface area contributed by atoms with Crippen molar-refractivity contribution in [3.8, 4) is 11.5 Å². The second-order valence-corrected chi connectivity index (χ2v) is 4.65. The summed E-state index contributed by atoms with van der Waals surface area (Å²) in [6.07, 6.45) is 1.89. The minimum Gasteiger partial charge on any atom is -0.500 e. The lowest BCUT2D eigenvalue weighted by Gasteiger charge is -2.12. The SMILES string of the molecule is CC(C)=CCOc1c(O)c(=O)n(C)c2ccccc12. The number of hydrogen-bond donors (Lipinski definition) is 1. The summed E-state index contributed by atoms with van der Waals surface area (Å²) in [7, 11) is 1.63. The summed E-state index contributed by atoms with van der Waals surface area (Å²) in [5, 5.41) is 10.7. The molecule has 1 aromatic heterocycles. The smallest absolute Gasteiger partial charge is 0.296 e. The summed E-state index contributed by atoms with van der Waals surface area (Å²) in [4.78, 5) is 11.9. The Bertz CT molecular complexity index is 694. The maximum Gasteiger partial charge on any atom is 0.296 e. The molecule has 0 bridgehead atoms. The van der Waals surface area contributed by atoms with Crippen LogP contribution in [-0.4, -0.2) is 16.3 Å². The minimum atomic E-state index is -0.453. The Morgan fingerprint density at radius 3 is 2.74 bits per heavy atom. The number of aromatic nitrogens is 1. The third-order valence-electron chi connectivity index (χ3n) is 2.95. The van der Waals surface area contributed by atoms with Crippen LogP contribution in [0.4, 0.5) is 0 Å². The first-order valence-electron chi connectivity index (χ1n) is 6.09. The number of hydrogen-bond acceptors (Lipinski definition) is 3. The summed E-state index contributed by atoms with van der Waals surface area (Å²) >= 11 is 0. The van der Waals surface area contributed by atoms with Gasteiger partial charge in [-0.3, -0.25) is 4.79 Å². The Balaban J connectivity index is 2.59. The standard InChI is InChI=1S/C15H17NO3/c1-10(2)8-9-19-14-11-6-4-5-7-12(11)16(3)15(18)13(14)17/h4-8,17H,9H2,1-3H3. The first-order valence-corrected chi connectivity index (χ1v) is 6.09. The Morgan fingerprint density at radius 2 is 2.05 bits per heavy atom. The molecule has 0 saturated carbocycles. The van der Waals surface area contributed by atoms with E-state index in [1.54, 1.807) is 7.05 Å². The van der Waals surface area contributed by atoms with E-state index in [0.29, 0.717) is 6.61 Å². The molecule has 1 heterocycles. The van der Waals surface area contributed by atoms with E-state index in [2.05, 4.69) is 0 Å². The average molecular weight is 259 g/mol. The van der Waals surface area contributed by atoms with Crippen LogP contribution in [0, 0.1) is 0 Å². The number of benzene rings is 1. The van der Waals surface area contributed by atoms with Gasteiger partial charge in [-0.05, 0) is 32.1 Å². The molecule has 0 amide bonds. The molecule has 0 spiro atoms. The molecule has 0 atom stereocenters. The molecule has 0 saturated heterocycles. The van der Waals surface area contributed by atoms with Gasteiger partial charge < -0.3 is 14.4 Å². The molecule has 1 N–H and O–H groups in total. The minimum absolute atomic E-state index is 0.246. The molecular weight excluding hydrogens is 242 g/mol. The van der Waals surface area contributed by atoms with Gasteiger partial charge in [-0.25, -0.2) is 0 Å². The fourth-order valence-corrected chi connectivity index (χ4v) is 1.89. The van der Waals surface area contributed by atoms with Gasteiger partial charge in [-0.15, -0.1) is 0 Å². The molecule has 100 valence electrons. The highest BCUT2D eigenvalue weighted by Crippen LogP contribution is 2.31. The van der Waals surface area contributed by atoms with Gasteiger partial charge in [0.1, 0.15) is 6.61 Å². The predicted octanol–water partition coefficient (Wildman–Crippen LogP) is 2.59. The molecule has 0 radical (unpaired) electrons. The monoisotopic (exact) mass is 259 g/mol. The average Bonchev–Trinajstić information content (AvgIpc) is 2.40. The third kappa shape index (κ3) is 2.47. The van der Waals surface area contributed by atoms with Crippen LogP contribution in [0.15, 0.2) is 40.7 Å². The number of allylic oxidation sites excluding steroid dienone is 1. The highest BCUT2D eigenvalue weighted by Gasteiger charge is 2.14. The van der Waals surface area contributed by atoms with Gasteiger partial charge in [0, 0.05) is 12.4 Å². The number of fused-ring (bicyclic) bond motifs is 1. The summed E-state index contributed by atoms with van der Waals surface area (Å²) in [5.74, 6) is -0.0976. The Hall–Kier alpha value is -2.23. The highest BCUT2D eigenvalue weighted by molar-refractivity contribution is 5.87. The largest absolute Gasteiger partial charge is 0.500 e. The maximum atomic E-state index is 11.9. The zero-order valence-electron chi connectivity index (χ0n) is 11.3. The van der Waals surface area contributed by atoms with Gasteiger partial charge in [-0.1, -0.05) is 17.7 Å². The fourth-order valence-electron chi connectivity index (χ4n) is 1.89. The molecule has 4 nitrogen and oxygen atoms in total. The van der Waals surface area contributed by atoms with Crippen molar-refractivity contribution < 1.29 is 9.84 Å². The van der Waals surface area contributed by atoms with Crippen molar-refractivity contribution in [3.05, 3.63) is 46.3 Å². The van der Waals surface area contributed by atoms with Gasteiger partial charge in [0.25, 0.3) is 5.56 Å². The molecule has 0 aliphatic rings. The normalized spacial score (nSPS) is 10.5. The van der Waals surface area contributed by atoms with Gasteiger partial charge in [-0.2, -0.15) is 0 Å². The van der Waals surface area contributed by atoms with E-state index in [4.69, 9.17) is 4.74 Å². The summed E-state index contributed by atoms with van der Waals surface area (Å²) in [6.45, 7) is 4.25. The predicted molar refractivity (Wildman–Crippen MR) is 75.8 cm³/mol. The van der Waals surface area contributed by atoms with Gasteiger partial charge in [0.15, 0.2) is 5.75 Å². The van der Waals surface area contributed by atoms with Crippen LogP contribution in [0.3, 0.4) is 0 Å². The second-order valence-electron chi connectivity index (χ2n) is 4.65. The summed E-state index contributed by atoms with van der Waals surface area (Å²) < 4.78 is 6.97. The molecule has 1 aromatic carbocycles. The second kappa shape index (κ2) is 5.18. The number of nitrogens with zero attached hydrogens (tertiary/aromatic N) is 1. The topological polar surface area (TPSA) is 51.5 Å². The molecule has 4 heteroatoms. The van der Waals surface area contributed by atoms with Gasteiger partial charge in [0.2, 0.25) is 5.75 Å². The highest BCUT2D eigenvalue weighted by atomic mass is 16.5. The van der Waals surface area contributed by atoms with E-state index in [1.807, 2.05) is 44.2 Å². The Kier molecular flexibility index (Phi) is 3.60. The number of ether oxygens (including phenoxy) is 1. The van der Waals surface area contributed by atoms with Crippen LogP contribution in [0.25, 0.3) is 10.9 Å². The molecule has 19 heavy (non-hydrogen) atoms. The lowest BCUT2D eigenvalue weighted by Crippen LogP contribution is -2.17. The van der Waals surface area contributed by atoms with Crippen molar-refractivity contribution in [1.82, 2.24) is 4.57 Å². The third-order valence-corrected chi connectivity index (χ3v) is 2.95. The zero-order chi connectivity index (χ0) is 14.0. The van der Waals surface area contributed by atoms with Crippen LogP contribution in [0.1, 0.15) is 13.8 Å². The molecule has 0 unspecified atom stereocenters. The van der Waals surface area contributed by atoms with Crippen LogP contribution in [-0.2, 0) is 7.05 Å². The van der Waals surface area contributed by atoms with Crippen LogP contribution >= 0.6 is 0 Å². The van der Waals surface area contributed by atoms with E-state index in [9.17, 15) is 9.90 Å². The quantitative estimate of drug-likeness (QED) is 0.862. The van der Waals surface area contributed by atoms with Gasteiger partial charge >= 0.3 is 0 Å². The molecule has 2 aromatic rings. The summed E-state index contributed by atoms with van der Waals surface area (Å²) in [5.41, 5.74) is 1.40. The fraction of sp³-hybridized carbons (Fsp3) is 0.267. The van der Waals surface area contributed by atoms with Crippen LogP contribution < -0.4 is 10.3 Å². The van der Waals surface area contributed by atoms with Crippen LogP contribution in [0.2, 0.25) is 0 Å². The number of pyridine rings is 1. The van der Waals surface area contributed by atoms with Crippen molar-refractivity contribution in [2.24, 2.45) is 7.05 Å². The maximum absolute atomic E-state index is 11.9. The lowest BCUT2D eigenvalue weighted by molar-refractivity contribution is 0.336. The van der Waals surface area contributed by atoms with E-state index >= 15 is 0 Å². The van der Waals surface area contributed by atoms with E-state index in [-0.39, 0.29) is 11.5 Å². The number of para-hydroxylation sites is 1. The van der Waals surface area contributed by atoms with Crippen molar-refractivity contribution in [3.63, 3.8) is 0 Å². The number of aryl methyl sites for hydroxylation is 1. The molecule has 0 aliphatic heterocycles. The zero-order valence-corrected chi connectivity index (χ0v) is 11.3. The van der Waals surface area contributed by atoms with E-state index < -0.39 is 5.56 Å². The van der Waals surface area contributed by atoms with Crippen molar-refractivity contribution in [2.75, 3.05) is 6.61 Å². The first-order chi connectivity index (χ1) is 9.02. The van der Waals surface area contributed by atoms with Crippen molar-refractivity contribution in [1.29, 1.82) is 0 Å². The van der Waals surface area contributed by atoms with Crippen molar-refractivity contribution >= 4 is 10.9 Å². The van der Waals surface area contributed by atoms with Crippen LogP contribution in [0.5, 0.6) is 11.5 Å². The molecular formula is C15H17NO3. The Morgan fingerprint density at radius 1 is 1.37 bits per heavy atom. The molecule has 2 rings (SSSR count). The molecule has 0 fully saturated rings. The van der Waals surface area contributed by atoms with Gasteiger partial charge in [0.05, 0.1) is 5.52 Å². The lowest BCUT2D eigenvalue weighted by atomic mass is 10.2. The van der Waals surface area contributed by atoms with E-state index in [0.717, 1.165) is 16.5 Å². The van der Waals surface area contributed by atoms with E-state index in [1.165, 1.54) is 4.57 Å². The number of aromatic hydroxyl groups is 1. The van der Waals surface area contributed by atoms with Crippen molar-refractivity contribution in [2.45, 2.75) is 13.8 Å².